The van der Waals surface area contributed by atoms with Crippen molar-refractivity contribution < 1.29 is 19.5 Å². The second kappa shape index (κ2) is 7.62. The lowest BCUT2D eigenvalue weighted by Crippen LogP contribution is -2.52. The number of carbonyl (C=O) groups excluding carboxylic acids is 2. The van der Waals surface area contributed by atoms with Gasteiger partial charge in [-0.25, -0.2) is 4.79 Å². The fourth-order valence-corrected chi connectivity index (χ4v) is 3.16. The Bertz CT molecular complexity index is 702. The highest BCUT2D eigenvalue weighted by atomic mass is 35.5. The van der Waals surface area contributed by atoms with Crippen molar-refractivity contribution in [3.05, 3.63) is 33.8 Å². The van der Waals surface area contributed by atoms with Crippen LogP contribution in [-0.2, 0) is 19.9 Å². The number of nitrogens with one attached hydrogen (secondary N) is 1. The van der Waals surface area contributed by atoms with Crippen LogP contribution in [0, 0.1) is 5.92 Å². The predicted molar refractivity (Wildman–Crippen MR) is 94.6 cm³/mol. The van der Waals surface area contributed by atoms with Gasteiger partial charge in [0.2, 0.25) is 11.8 Å². The molecule has 1 aliphatic rings. The fraction of sp³-hybridized carbons (Fsp3) is 0.471. The fourth-order valence-electron chi connectivity index (χ4n) is 2.86. The Morgan fingerprint density at radius 1 is 1.20 bits per heavy atom. The topological polar surface area (TPSA) is 86.7 Å². The van der Waals surface area contributed by atoms with E-state index >= 15 is 0 Å². The molecule has 1 heterocycles. The monoisotopic (exact) mass is 386 g/mol. The quantitative estimate of drug-likeness (QED) is 0.832. The number of halogens is 2. The van der Waals surface area contributed by atoms with Crippen LogP contribution in [0.4, 0.5) is 0 Å². The van der Waals surface area contributed by atoms with Gasteiger partial charge in [-0.15, -0.1) is 0 Å². The van der Waals surface area contributed by atoms with Gasteiger partial charge in [-0.1, -0.05) is 29.3 Å². The highest BCUT2D eigenvalue weighted by Crippen LogP contribution is 2.30. The standard InChI is InChI=1S/C17H20Cl2N2O4/c1-10(22)21-7-5-11(6-8-21)15(23)20-17(2,16(24)25)12-3-4-13(18)14(19)9-12/h3-4,9,11H,5-8H2,1-2H3,(H,20,23)(H,24,25). The van der Waals surface area contributed by atoms with Crippen molar-refractivity contribution >= 4 is 41.0 Å². The smallest absolute Gasteiger partial charge is 0.333 e. The average molecular weight is 387 g/mol. The number of rotatable bonds is 4. The van der Waals surface area contributed by atoms with Crippen LogP contribution in [0.25, 0.3) is 0 Å². The number of aliphatic carboxylic acids is 1. The van der Waals surface area contributed by atoms with E-state index in [-0.39, 0.29) is 22.8 Å². The number of carboxylic acids is 1. The molecule has 136 valence electrons. The van der Waals surface area contributed by atoms with Crippen LogP contribution in [0.1, 0.15) is 32.3 Å². The zero-order valence-electron chi connectivity index (χ0n) is 14.0. The molecule has 0 saturated carbocycles. The van der Waals surface area contributed by atoms with Gasteiger partial charge in [0.15, 0.2) is 5.54 Å². The minimum absolute atomic E-state index is 0.0231. The number of carboxylic acid groups (broad SMARTS) is 1. The Morgan fingerprint density at radius 2 is 1.80 bits per heavy atom. The first kappa shape index (κ1) is 19.5. The van der Waals surface area contributed by atoms with Crippen molar-refractivity contribution in [3.8, 4) is 0 Å². The van der Waals surface area contributed by atoms with E-state index < -0.39 is 11.5 Å². The zero-order valence-corrected chi connectivity index (χ0v) is 15.5. The molecule has 1 aliphatic heterocycles. The lowest BCUT2D eigenvalue weighted by atomic mass is 9.89. The molecule has 6 nitrogen and oxygen atoms in total. The van der Waals surface area contributed by atoms with E-state index in [1.54, 1.807) is 4.90 Å². The normalized spacial score (nSPS) is 17.7. The number of likely N-dealkylation sites (tertiary alicyclic amines) is 1. The van der Waals surface area contributed by atoms with Crippen molar-refractivity contribution in [1.82, 2.24) is 10.2 Å². The number of nitrogens with zero attached hydrogens (tertiary/aromatic N) is 1. The summed E-state index contributed by atoms with van der Waals surface area (Å²) in [6.45, 7) is 3.89. The molecule has 0 spiro atoms. The van der Waals surface area contributed by atoms with Crippen LogP contribution < -0.4 is 5.32 Å². The first-order valence-corrected chi connectivity index (χ1v) is 8.67. The molecule has 1 atom stereocenters. The third kappa shape index (κ3) is 4.25. The zero-order chi connectivity index (χ0) is 18.8. The first-order valence-electron chi connectivity index (χ1n) is 7.91. The molecule has 1 unspecified atom stereocenters. The second-order valence-electron chi connectivity index (χ2n) is 6.33. The Morgan fingerprint density at radius 3 is 2.28 bits per heavy atom. The van der Waals surface area contributed by atoms with Gasteiger partial charge < -0.3 is 15.3 Å². The maximum atomic E-state index is 12.6. The van der Waals surface area contributed by atoms with Crippen molar-refractivity contribution in [2.75, 3.05) is 13.1 Å². The van der Waals surface area contributed by atoms with E-state index in [2.05, 4.69) is 5.32 Å². The number of benzene rings is 1. The predicted octanol–water partition coefficient (Wildman–Crippen LogP) is 2.67. The Labute approximate surface area is 156 Å². The summed E-state index contributed by atoms with van der Waals surface area (Å²) < 4.78 is 0. The van der Waals surface area contributed by atoms with Gasteiger partial charge in [0.05, 0.1) is 10.0 Å². The van der Waals surface area contributed by atoms with Crippen LogP contribution in [0.15, 0.2) is 18.2 Å². The van der Waals surface area contributed by atoms with E-state index in [0.717, 1.165) is 0 Å². The van der Waals surface area contributed by atoms with Crippen LogP contribution >= 0.6 is 23.2 Å². The molecule has 2 amide bonds. The van der Waals surface area contributed by atoms with E-state index in [1.165, 1.54) is 32.0 Å². The van der Waals surface area contributed by atoms with Crippen molar-refractivity contribution in [2.45, 2.75) is 32.2 Å². The number of hydrogen-bond acceptors (Lipinski definition) is 3. The molecule has 25 heavy (non-hydrogen) atoms. The third-order valence-corrected chi connectivity index (χ3v) is 5.35. The molecule has 0 aliphatic carbocycles. The summed E-state index contributed by atoms with van der Waals surface area (Å²) in [4.78, 5) is 37.5. The summed E-state index contributed by atoms with van der Waals surface area (Å²) in [6.07, 6.45) is 1.00. The minimum atomic E-state index is -1.62. The van der Waals surface area contributed by atoms with Crippen molar-refractivity contribution in [2.24, 2.45) is 5.92 Å². The van der Waals surface area contributed by atoms with Gasteiger partial charge in [0.25, 0.3) is 0 Å². The summed E-state index contributed by atoms with van der Waals surface area (Å²) in [6, 6.07) is 4.47. The highest BCUT2D eigenvalue weighted by molar-refractivity contribution is 6.42. The van der Waals surface area contributed by atoms with Gasteiger partial charge in [0, 0.05) is 25.9 Å². The van der Waals surface area contributed by atoms with Crippen LogP contribution in [0.3, 0.4) is 0 Å². The summed E-state index contributed by atoms with van der Waals surface area (Å²) in [5.41, 5.74) is -1.29. The summed E-state index contributed by atoms with van der Waals surface area (Å²) in [7, 11) is 0. The molecule has 8 heteroatoms. The SMILES string of the molecule is CC(=O)N1CCC(C(=O)NC(C)(C(=O)O)c2ccc(Cl)c(Cl)c2)CC1. The van der Waals surface area contributed by atoms with Crippen molar-refractivity contribution in [1.29, 1.82) is 0 Å². The minimum Gasteiger partial charge on any atom is -0.479 e. The number of hydrogen-bond donors (Lipinski definition) is 2. The van der Waals surface area contributed by atoms with E-state index in [4.69, 9.17) is 23.2 Å². The maximum Gasteiger partial charge on any atom is 0.333 e. The van der Waals surface area contributed by atoms with Crippen LogP contribution in [0.2, 0.25) is 10.0 Å². The van der Waals surface area contributed by atoms with E-state index in [9.17, 15) is 19.5 Å². The molecule has 1 fully saturated rings. The van der Waals surface area contributed by atoms with Gasteiger partial charge in [0.1, 0.15) is 0 Å². The van der Waals surface area contributed by atoms with Gasteiger partial charge >= 0.3 is 5.97 Å². The average Bonchev–Trinajstić information content (AvgIpc) is 2.57. The van der Waals surface area contributed by atoms with Gasteiger partial charge in [-0.3, -0.25) is 9.59 Å². The summed E-state index contributed by atoms with van der Waals surface area (Å²) >= 11 is 11.9. The van der Waals surface area contributed by atoms with Crippen LogP contribution in [-0.4, -0.2) is 40.9 Å². The first-order chi connectivity index (χ1) is 11.6. The second-order valence-corrected chi connectivity index (χ2v) is 7.14. The molecule has 2 rings (SSSR count). The summed E-state index contributed by atoms with van der Waals surface area (Å²) in [5, 5.41) is 12.8. The Balaban J connectivity index is 2.16. The lowest BCUT2D eigenvalue weighted by molar-refractivity contribution is -0.148. The number of piperidine rings is 1. The molecule has 0 radical (unpaired) electrons. The molecule has 1 aromatic carbocycles. The Hall–Kier alpha value is -1.79. The molecular formula is C17H20Cl2N2O4. The molecule has 1 aromatic rings. The van der Waals surface area contributed by atoms with Gasteiger partial charge in [-0.05, 0) is 37.5 Å². The number of carbonyl (C=O) groups is 3. The van der Waals surface area contributed by atoms with E-state index in [0.29, 0.717) is 36.5 Å². The molecule has 1 saturated heterocycles. The molecule has 2 N–H and O–H groups in total. The van der Waals surface area contributed by atoms with Crippen LogP contribution in [0.5, 0.6) is 0 Å². The van der Waals surface area contributed by atoms with Gasteiger partial charge in [-0.2, -0.15) is 0 Å². The maximum absolute atomic E-state index is 12.6. The molecule has 0 aromatic heterocycles. The molecular weight excluding hydrogens is 367 g/mol. The molecule has 0 bridgehead atoms. The summed E-state index contributed by atoms with van der Waals surface area (Å²) in [5.74, 6) is -1.90. The third-order valence-electron chi connectivity index (χ3n) is 4.61. The lowest BCUT2D eigenvalue weighted by Gasteiger charge is -2.33. The van der Waals surface area contributed by atoms with Crippen molar-refractivity contribution in [3.63, 3.8) is 0 Å². The largest absolute Gasteiger partial charge is 0.479 e. The van der Waals surface area contributed by atoms with E-state index in [1.807, 2.05) is 0 Å². The highest BCUT2D eigenvalue weighted by Gasteiger charge is 2.39. The number of amides is 2. The Kier molecular flexibility index (Phi) is 5.95.